The van der Waals surface area contributed by atoms with Crippen molar-refractivity contribution in [3.05, 3.63) is 47.2 Å². The van der Waals surface area contributed by atoms with Crippen LogP contribution in [0.2, 0.25) is 0 Å². The summed E-state index contributed by atoms with van der Waals surface area (Å²) < 4.78 is 0. The van der Waals surface area contributed by atoms with Gasteiger partial charge >= 0.3 is 0 Å². The molecule has 4 nitrogen and oxygen atoms in total. The van der Waals surface area contributed by atoms with Crippen LogP contribution in [-0.2, 0) is 11.2 Å². The van der Waals surface area contributed by atoms with Gasteiger partial charge in [-0.05, 0) is 32.8 Å². The molecule has 1 rings (SSSR count). The summed E-state index contributed by atoms with van der Waals surface area (Å²) in [5.41, 5.74) is 2.56. The zero-order valence-corrected chi connectivity index (χ0v) is 12.2. The van der Waals surface area contributed by atoms with Crippen LogP contribution in [0.3, 0.4) is 0 Å². The van der Waals surface area contributed by atoms with E-state index >= 15 is 0 Å². The Hall–Kier alpha value is -2.28. The van der Waals surface area contributed by atoms with Crippen molar-refractivity contribution in [2.75, 3.05) is 6.54 Å². The Bertz CT molecular complexity index is 527. The average molecular weight is 271 g/mol. The highest BCUT2D eigenvalue weighted by atomic mass is 16.1. The molecule has 0 aliphatic rings. The van der Waals surface area contributed by atoms with E-state index < -0.39 is 0 Å². The molecule has 20 heavy (non-hydrogen) atoms. The van der Waals surface area contributed by atoms with E-state index in [1.807, 2.05) is 26.0 Å². The second-order valence-corrected chi connectivity index (χ2v) is 4.99. The van der Waals surface area contributed by atoms with Crippen LogP contribution in [-0.4, -0.2) is 18.5 Å². The first-order chi connectivity index (χ1) is 9.52. The number of hydrogen-bond acceptors (Lipinski definition) is 3. The number of carbonyl (C=O) groups is 1. The van der Waals surface area contributed by atoms with Crippen LogP contribution in [0, 0.1) is 18.3 Å². The van der Waals surface area contributed by atoms with E-state index in [2.05, 4.69) is 35.8 Å². The highest BCUT2D eigenvalue weighted by Gasteiger charge is 2.09. The first-order valence-electron chi connectivity index (χ1n) is 6.73. The third-order valence-corrected chi connectivity index (χ3v) is 2.67. The van der Waals surface area contributed by atoms with Crippen LogP contribution in [0.15, 0.2) is 36.0 Å². The largest absolute Gasteiger partial charge is 0.389 e. The quantitative estimate of drug-likeness (QED) is 0.473. The highest BCUT2D eigenvalue weighted by Crippen LogP contribution is 2.04. The zero-order chi connectivity index (χ0) is 15.0. The van der Waals surface area contributed by atoms with Crippen molar-refractivity contribution in [3.63, 3.8) is 0 Å². The molecular weight excluding hydrogens is 250 g/mol. The van der Waals surface area contributed by atoms with E-state index in [0.29, 0.717) is 6.54 Å². The molecule has 0 aromatic heterocycles. The van der Waals surface area contributed by atoms with Gasteiger partial charge in [-0.1, -0.05) is 29.8 Å². The minimum absolute atomic E-state index is 0.0199. The lowest BCUT2D eigenvalue weighted by atomic mass is 10.1. The molecule has 1 aromatic rings. The highest BCUT2D eigenvalue weighted by molar-refractivity contribution is 5.97. The van der Waals surface area contributed by atoms with Crippen molar-refractivity contribution in [3.8, 4) is 6.07 Å². The summed E-state index contributed by atoms with van der Waals surface area (Å²) in [6.07, 6.45) is 2.33. The van der Waals surface area contributed by atoms with Gasteiger partial charge in [0.25, 0.3) is 5.91 Å². The van der Waals surface area contributed by atoms with Gasteiger partial charge in [0, 0.05) is 18.8 Å². The molecule has 1 aromatic carbocycles. The molecule has 0 fully saturated rings. The molecule has 0 atom stereocenters. The summed E-state index contributed by atoms with van der Waals surface area (Å²) in [5.74, 6) is -0.342. The van der Waals surface area contributed by atoms with Crippen molar-refractivity contribution in [2.45, 2.75) is 33.2 Å². The number of carbonyl (C=O) groups excluding carboxylic acids is 1. The maximum atomic E-state index is 11.7. The molecule has 0 saturated carbocycles. The summed E-state index contributed by atoms with van der Waals surface area (Å²) in [4.78, 5) is 11.7. The Balaban J connectivity index is 2.46. The van der Waals surface area contributed by atoms with Crippen molar-refractivity contribution in [1.29, 1.82) is 5.26 Å². The third kappa shape index (κ3) is 5.57. The minimum atomic E-state index is -0.342. The maximum Gasteiger partial charge on any atom is 0.263 e. The summed E-state index contributed by atoms with van der Waals surface area (Å²) in [5, 5.41) is 14.6. The second-order valence-electron chi connectivity index (χ2n) is 4.99. The predicted octanol–water partition coefficient (Wildman–Crippen LogP) is 2.06. The Morgan fingerprint density at radius 2 is 2.20 bits per heavy atom. The van der Waals surface area contributed by atoms with E-state index in [9.17, 15) is 4.79 Å². The number of aryl methyl sites for hydroxylation is 1. The lowest BCUT2D eigenvalue weighted by Gasteiger charge is -2.07. The van der Waals surface area contributed by atoms with Crippen molar-refractivity contribution >= 4 is 5.91 Å². The van der Waals surface area contributed by atoms with Crippen LogP contribution < -0.4 is 10.6 Å². The number of rotatable bonds is 6. The van der Waals surface area contributed by atoms with Gasteiger partial charge in [-0.2, -0.15) is 5.26 Å². The van der Waals surface area contributed by atoms with Crippen molar-refractivity contribution in [1.82, 2.24) is 10.6 Å². The van der Waals surface area contributed by atoms with E-state index in [1.54, 1.807) is 0 Å². The number of hydrogen-bond donors (Lipinski definition) is 2. The number of benzene rings is 1. The fourth-order valence-corrected chi connectivity index (χ4v) is 1.75. The first-order valence-corrected chi connectivity index (χ1v) is 6.73. The van der Waals surface area contributed by atoms with Gasteiger partial charge in [0.1, 0.15) is 11.6 Å². The molecule has 0 aliphatic carbocycles. The third-order valence-electron chi connectivity index (χ3n) is 2.67. The molecule has 1 amide bonds. The monoisotopic (exact) mass is 271 g/mol. The van der Waals surface area contributed by atoms with Crippen LogP contribution >= 0.6 is 0 Å². The average Bonchev–Trinajstić information content (AvgIpc) is 2.38. The fraction of sp³-hybridized carbons (Fsp3) is 0.375. The van der Waals surface area contributed by atoms with Gasteiger partial charge in [0.15, 0.2) is 0 Å². The Morgan fingerprint density at radius 1 is 1.45 bits per heavy atom. The molecule has 106 valence electrons. The van der Waals surface area contributed by atoms with Gasteiger partial charge in [-0.25, -0.2) is 0 Å². The van der Waals surface area contributed by atoms with Crippen LogP contribution in [0.1, 0.15) is 25.0 Å². The summed E-state index contributed by atoms with van der Waals surface area (Å²) in [6.45, 7) is 6.46. The molecule has 0 heterocycles. The first kappa shape index (κ1) is 15.8. The molecular formula is C16H21N3O. The molecule has 0 radical (unpaired) electrons. The second kappa shape index (κ2) is 8.00. The molecule has 4 heteroatoms. The van der Waals surface area contributed by atoms with E-state index in [-0.39, 0.29) is 17.5 Å². The smallest absolute Gasteiger partial charge is 0.263 e. The van der Waals surface area contributed by atoms with Crippen molar-refractivity contribution < 1.29 is 4.79 Å². The number of nitrogens with one attached hydrogen (secondary N) is 2. The zero-order valence-electron chi connectivity index (χ0n) is 12.2. The standard InChI is InChI=1S/C16H21N3O/c1-12(2)19-16(20)15(10-17)11-18-8-7-14-6-4-5-13(3)9-14/h4-6,9,11-12,18H,7-8H2,1-3H3,(H,19,20)/b15-11-. The topological polar surface area (TPSA) is 64.9 Å². The number of nitriles is 1. The Labute approximate surface area is 120 Å². The summed E-state index contributed by atoms with van der Waals surface area (Å²) in [7, 11) is 0. The molecule has 0 aliphatic heterocycles. The molecule has 0 unspecified atom stereocenters. The lowest BCUT2D eigenvalue weighted by Crippen LogP contribution is -2.31. The molecule has 2 N–H and O–H groups in total. The summed E-state index contributed by atoms with van der Waals surface area (Å²) >= 11 is 0. The minimum Gasteiger partial charge on any atom is -0.389 e. The maximum absolute atomic E-state index is 11.7. The van der Waals surface area contributed by atoms with E-state index in [4.69, 9.17) is 5.26 Å². The van der Waals surface area contributed by atoms with Crippen molar-refractivity contribution in [2.24, 2.45) is 0 Å². The van der Waals surface area contributed by atoms with E-state index in [1.165, 1.54) is 17.3 Å². The number of amides is 1. The SMILES string of the molecule is Cc1cccc(CCN/C=C(/C#N)C(=O)NC(C)C)c1. The normalized spacial score (nSPS) is 11.1. The Kier molecular flexibility index (Phi) is 6.31. The molecule has 0 saturated heterocycles. The van der Waals surface area contributed by atoms with Crippen LogP contribution in [0.4, 0.5) is 0 Å². The number of nitrogens with zero attached hydrogens (tertiary/aromatic N) is 1. The predicted molar refractivity (Wildman–Crippen MR) is 79.9 cm³/mol. The van der Waals surface area contributed by atoms with E-state index in [0.717, 1.165) is 6.42 Å². The van der Waals surface area contributed by atoms with Gasteiger partial charge in [-0.15, -0.1) is 0 Å². The molecule has 0 bridgehead atoms. The lowest BCUT2D eigenvalue weighted by molar-refractivity contribution is -0.117. The molecule has 0 spiro atoms. The van der Waals surface area contributed by atoms with Gasteiger partial charge in [-0.3, -0.25) is 4.79 Å². The summed E-state index contributed by atoms with van der Waals surface area (Å²) in [6, 6.07) is 10.2. The fourth-order valence-electron chi connectivity index (χ4n) is 1.75. The van der Waals surface area contributed by atoms with Gasteiger partial charge in [0.05, 0.1) is 0 Å². The van der Waals surface area contributed by atoms with Crippen LogP contribution in [0.25, 0.3) is 0 Å². The van der Waals surface area contributed by atoms with Crippen LogP contribution in [0.5, 0.6) is 0 Å². The Morgan fingerprint density at radius 3 is 2.80 bits per heavy atom. The van der Waals surface area contributed by atoms with Gasteiger partial charge in [0.2, 0.25) is 0 Å². The van der Waals surface area contributed by atoms with Gasteiger partial charge < -0.3 is 10.6 Å².